The summed E-state index contributed by atoms with van der Waals surface area (Å²) in [4.78, 5) is 27.1. The second-order valence-corrected chi connectivity index (χ2v) is 8.01. The summed E-state index contributed by atoms with van der Waals surface area (Å²) in [5.41, 5.74) is 1.68. The van der Waals surface area contributed by atoms with E-state index in [9.17, 15) is 9.59 Å². The SMILES string of the molecule is CCOC(=O)c1c(NC(=O)c2ccc(Cl)cc2)sc(C)c1-c1cccs1. The molecule has 2 heterocycles. The molecule has 0 fully saturated rings. The highest BCUT2D eigenvalue weighted by Crippen LogP contribution is 2.42. The number of hydrogen-bond acceptors (Lipinski definition) is 5. The van der Waals surface area contributed by atoms with Gasteiger partial charge in [0.2, 0.25) is 0 Å². The number of esters is 1. The molecular weight excluding hydrogens is 390 g/mol. The van der Waals surface area contributed by atoms with Crippen molar-refractivity contribution in [3.05, 3.63) is 62.8 Å². The monoisotopic (exact) mass is 405 g/mol. The van der Waals surface area contributed by atoms with Crippen LogP contribution in [0.3, 0.4) is 0 Å². The first-order valence-electron chi connectivity index (χ1n) is 7.92. The molecule has 0 bridgehead atoms. The van der Waals surface area contributed by atoms with Crippen LogP contribution in [0.4, 0.5) is 5.00 Å². The van der Waals surface area contributed by atoms with Crippen LogP contribution in [0.1, 0.15) is 32.5 Å². The minimum absolute atomic E-state index is 0.266. The van der Waals surface area contributed by atoms with Crippen LogP contribution < -0.4 is 5.32 Å². The summed E-state index contributed by atoms with van der Waals surface area (Å²) in [5, 5.41) is 5.85. The van der Waals surface area contributed by atoms with E-state index < -0.39 is 5.97 Å². The number of carbonyl (C=O) groups excluding carboxylic acids is 2. The fraction of sp³-hybridized carbons (Fsp3) is 0.158. The average Bonchev–Trinajstić information content (AvgIpc) is 3.23. The normalized spacial score (nSPS) is 10.6. The zero-order valence-corrected chi connectivity index (χ0v) is 16.6. The van der Waals surface area contributed by atoms with Gasteiger partial charge in [0.1, 0.15) is 10.6 Å². The van der Waals surface area contributed by atoms with Gasteiger partial charge in [0.05, 0.1) is 6.61 Å². The zero-order valence-electron chi connectivity index (χ0n) is 14.2. The molecular formula is C19H16ClNO3S2. The van der Waals surface area contributed by atoms with Crippen molar-refractivity contribution in [2.75, 3.05) is 11.9 Å². The number of halogens is 1. The van der Waals surface area contributed by atoms with Gasteiger partial charge in [-0.15, -0.1) is 22.7 Å². The van der Waals surface area contributed by atoms with Crippen molar-refractivity contribution in [3.8, 4) is 10.4 Å². The minimum atomic E-state index is -0.438. The molecule has 0 aliphatic rings. The molecule has 3 rings (SSSR count). The smallest absolute Gasteiger partial charge is 0.341 e. The Kier molecular flexibility index (Phi) is 5.76. The van der Waals surface area contributed by atoms with Gasteiger partial charge < -0.3 is 10.1 Å². The molecule has 0 spiro atoms. The standard InChI is InChI=1S/C19H16ClNO3S2/c1-3-24-19(23)16-15(14-5-4-10-25-14)11(2)26-18(16)21-17(22)12-6-8-13(20)9-7-12/h4-10H,3H2,1-2H3,(H,21,22). The Morgan fingerprint density at radius 3 is 2.54 bits per heavy atom. The van der Waals surface area contributed by atoms with Crippen molar-refractivity contribution in [1.29, 1.82) is 0 Å². The number of benzene rings is 1. The van der Waals surface area contributed by atoms with Gasteiger partial charge in [0.25, 0.3) is 5.91 Å². The van der Waals surface area contributed by atoms with Crippen LogP contribution in [0.5, 0.6) is 0 Å². The highest BCUT2D eigenvalue weighted by Gasteiger charge is 2.26. The van der Waals surface area contributed by atoms with E-state index in [-0.39, 0.29) is 12.5 Å². The number of nitrogens with one attached hydrogen (secondary N) is 1. The molecule has 3 aromatic rings. The number of carbonyl (C=O) groups is 2. The Morgan fingerprint density at radius 2 is 1.92 bits per heavy atom. The third-order valence-electron chi connectivity index (χ3n) is 3.66. The molecule has 0 radical (unpaired) electrons. The van der Waals surface area contributed by atoms with Crippen molar-refractivity contribution in [2.45, 2.75) is 13.8 Å². The van der Waals surface area contributed by atoms with Crippen LogP contribution in [0.15, 0.2) is 41.8 Å². The second kappa shape index (κ2) is 8.03. The maximum absolute atomic E-state index is 12.6. The molecule has 0 unspecified atom stereocenters. The molecule has 4 nitrogen and oxygen atoms in total. The number of amides is 1. The predicted octanol–water partition coefficient (Wildman–Crippen LogP) is 5.87. The predicted molar refractivity (Wildman–Crippen MR) is 108 cm³/mol. The minimum Gasteiger partial charge on any atom is -0.462 e. The summed E-state index contributed by atoms with van der Waals surface area (Å²) < 4.78 is 5.23. The molecule has 0 atom stereocenters. The summed E-state index contributed by atoms with van der Waals surface area (Å²) in [6.07, 6.45) is 0. The number of ether oxygens (including phenoxy) is 1. The Bertz CT molecular complexity index is 931. The first kappa shape index (κ1) is 18.6. The van der Waals surface area contributed by atoms with Gasteiger partial charge in [0, 0.05) is 25.9 Å². The van der Waals surface area contributed by atoms with E-state index in [1.807, 2.05) is 24.4 Å². The van der Waals surface area contributed by atoms with Crippen molar-refractivity contribution in [2.24, 2.45) is 0 Å². The second-order valence-electron chi connectivity index (χ2n) is 5.40. The number of anilines is 1. The summed E-state index contributed by atoms with van der Waals surface area (Å²) in [6.45, 7) is 3.95. The summed E-state index contributed by atoms with van der Waals surface area (Å²) >= 11 is 8.78. The van der Waals surface area contributed by atoms with Gasteiger partial charge in [-0.05, 0) is 49.6 Å². The van der Waals surface area contributed by atoms with Gasteiger partial charge in [-0.1, -0.05) is 17.7 Å². The van der Waals surface area contributed by atoms with E-state index >= 15 is 0 Å². The van der Waals surface area contributed by atoms with E-state index in [2.05, 4.69) is 5.32 Å². The van der Waals surface area contributed by atoms with E-state index in [4.69, 9.17) is 16.3 Å². The van der Waals surface area contributed by atoms with Gasteiger partial charge in [-0.25, -0.2) is 4.79 Å². The lowest BCUT2D eigenvalue weighted by atomic mass is 10.1. The first-order chi connectivity index (χ1) is 12.5. The highest BCUT2D eigenvalue weighted by molar-refractivity contribution is 7.18. The maximum Gasteiger partial charge on any atom is 0.341 e. The van der Waals surface area contributed by atoms with Crippen LogP contribution in [-0.2, 0) is 4.74 Å². The molecule has 0 saturated carbocycles. The van der Waals surface area contributed by atoms with Crippen molar-refractivity contribution < 1.29 is 14.3 Å². The van der Waals surface area contributed by atoms with E-state index in [1.54, 1.807) is 42.5 Å². The fourth-order valence-electron chi connectivity index (χ4n) is 2.52. The largest absolute Gasteiger partial charge is 0.462 e. The molecule has 0 aliphatic carbocycles. The number of hydrogen-bond donors (Lipinski definition) is 1. The Hall–Kier alpha value is -2.15. The molecule has 0 saturated heterocycles. The lowest BCUT2D eigenvalue weighted by molar-refractivity contribution is 0.0529. The lowest BCUT2D eigenvalue weighted by Crippen LogP contribution is -2.14. The Balaban J connectivity index is 2.01. The quantitative estimate of drug-likeness (QED) is 0.540. The van der Waals surface area contributed by atoms with Crippen LogP contribution in [-0.4, -0.2) is 18.5 Å². The third kappa shape index (κ3) is 3.82. The van der Waals surface area contributed by atoms with Gasteiger partial charge in [-0.3, -0.25) is 4.79 Å². The highest BCUT2D eigenvalue weighted by atomic mass is 35.5. The molecule has 7 heteroatoms. The zero-order chi connectivity index (χ0) is 18.7. The third-order valence-corrected chi connectivity index (χ3v) is 5.82. The number of aryl methyl sites for hydroxylation is 1. The average molecular weight is 406 g/mol. The van der Waals surface area contributed by atoms with Gasteiger partial charge >= 0.3 is 5.97 Å². The molecule has 134 valence electrons. The van der Waals surface area contributed by atoms with Crippen LogP contribution in [0.25, 0.3) is 10.4 Å². The molecule has 2 aromatic heterocycles. The van der Waals surface area contributed by atoms with Gasteiger partial charge in [0.15, 0.2) is 0 Å². The molecule has 26 heavy (non-hydrogen) atoms. The number of rotatable bonds is 5. The Labute approximate surface area is 164 Å². The summed E-state index contributed by atoms with van der Waals surface area (Å²) in [6, 6.07) is 10.5. The van der Waals surface area contributed by atoms with Crippen LogP contribution in [0.2, 0.25) is 5.02 Å². The number of thiophene rings is 2. The molecule has 1 aromatic carbocycles. The van der Waals surface area contributed by atoms with Crippen LogP contribution >= 0.6 is 34.3 Å². The fourth-order valence-corrected chi connectivity index (χ4v) is 4.60. The lowest BCUT2D eigenvalue weighted by Gasteiger charge is -2.08. The van der Waals surface area contributed by atoms with Crippen LogP contribution in [0, 0.1) is 6.92 Å². The van der Waals surface area contributed by atoms with E-state index in [0.29, 0.717) is 21.2 Å². The molecule has 0 aliphatic heterocycles. The summed E-state index contributed by atoms with van der Waals surface area (Å²) in [5.74, 6) is -0.738. The molecule has 1 amide bonds. The Morgan fingerprint density at radius 1 is 1.19 bits per heavy atom. The maximum atomic E-state index is 12.6. The van der Waals surface area contributed by atoms with Crippen molar-refractivity contribution >= 4 is 51.2 Å². The van der Waals surface area contributed by atoms with Crippen molar-refractivity contribution in [3.63, 3.8) is 0 Å². The molecule has 1 N–H and O–H groups in total. The first-order valence-corrected chi connectivity index (χ1v) is 10.00. The van der Waals surface area contributed by atoms with E-state index in [0.717, 1.165) is 15.3 Å². The summed E-state index contributed by atoms with van der Waals surface area (Å²) in [7, 11) is 0. The van der Waals surface area contributed by atoms with Crippen molar-refractivity contribution in [1.82, 2.24) is 0 Å². The topological polar surface area (TPSA) is 55.4 Å². The van der Waals surface area contributed by atoms with E-state index in [1.165, 1.54) is 11.3 Å². The van der Waals surface area contributed by atoms with Gasteiger partial charge in [-0.2, -0.15) is 0 Å².